The fraction of sp³-hybridized carbons (Fsp3) is 0.355. The Hall–Kier alpha value is -3.92. The van der Waals surface area contributed by atoms with Crippen molar-refractivity contribution in [3.05, 3.63) is 89.7 Å². The van der Waals surface area contributed by atoms with Crippen LogP contribution >= 0.6 is 0 Å². The molecule has 0 unspecified atom stereocenters. The summed E-state index contributed by atoms with van der Waals surface area (Å²) in [4.78, 5) is 28.8. The third-order valence-electron chi connectivity index (χ3n) is 6.55. The maximum Gasteiger partial charge on any atom is 0.264 e. The Balaban J connectivity index is 2.10. The van der Waals surface area contributed by atoms with E-state index in [0.29, 0.717) is 12.1 Å². The molecule has 1 N–H and O–H groups in total. The van der Waals surface area contributed by atoms with E-state index in [1.54, 1.807) is 43.3 Å². The number of nitrogens with one attached hydrogen (secondary N) is 1. The van der Waals surface area contributed by atoms with E-state index < -0.39 is 34.3 Å². The number of ether oxygens (including phenoxy) is 1. The molecule has 0 aliphatic rings. The van der Waals surface area contributed by atoms with Crippen LogP contribution in [0.15, 0.2) is 77.7 Å². The Morgan fingerprint density at radius 3 is 2.24 bits per heavy atom. The van der Waals surface area contributed by atoms with Gasteiger partial charge in [0.05, 0.1) is 17.7 Å². The van der Waals surface area contributed by atoms with E-state index in [1.165, 1.54) is 48.4 Å². The van der Waals surface area contributed by atoms with Gasteiger partial charge < -0.3 is 15.0 Å². The van der Waals surface area contributed by atoms with Crippen molar-refractivity contribution in [2.24, 2.45) is 5.92 Å². The average Bonchev–Trinajstić information content (AvgIpc) is 2.95. The van der Waals surface area contributed by atoms with Crippen LogP contribution in [0.25, 0.3) is 0 Å². The SMILES string of the molecule is CC[C@H](C(=O)NCC(C)C)N(Cc1ccc(F)cc1)C(=O)CN(c1cc(C)ccc1OC)S(=O)(=O)c1ccccc1. The second-order valence-corrected chi connectivity index (χ2v) is 12.1. The molecule has 0 saturated carbocycles. The number of methoxy groups -OCH3 is 1. The lowest BCUT2D eigenvalue weighted by atomic mass is 10.1. The van der Waals surface area contributed by atoms with Crippen LogP contribution in [-0.2, 0) is 26.2 Å². The largest absolute Gasteiger partial charge is 0.495 e. The van der Waals surface area contributed by atoms with Gasteiger partial charge in [-0.3, -0.25) is 13.9 Å². The van der Waals surface area contributed by atoms with Crippen molar-refractivity contribution in [1.29, 1.82) is 0 Å². The molecule has 3 rings (SSSR count). The molecule has 2 amide bonds. The van der Waals surface area contributed by atoms with Crippen LogP contribution in [0.1, 0.15) is 38.3 Å². The highest BCUT2D eigenvalue weighted by Gasteiger charge is 2.34. The Kier molecular flexibility index (Phi) is 10.9. The molecule has 0 aliphatic carbocycles. The first-order valence-corrected chi connectivity index (χ1v) is 15.0. The first-order valence-electron chi connectivity index (χ1n) is 13.5. The van der Waals surface area contributed by atoms with Gasteiger partial charge in [-0.15, -0.1) is 0 Å². The van der Waals surface area contributed by atoms with Gasteiger partial charge in [0.2, 0.25) is 11.8 Å². The van der Waals surface area contributed by atoms with Crippen molar-refractivity contribution in [3.63, 3.8) is 0 Å². The van der Waals surface area contributed by atoms with Gasteiger partial charge in [-0.1, -0.05) is 57.2 Å². The molecular weight excluding hydrogens is 545 g/mol. The molecule has 3 aromatic carbocycles. The predicted molar refractivity (Wildman–Crippen MR) is 158 cm³/mol. The molecule has 8 nitrogen and oxygen atoms in total. The zero-order valence-corrected chi connectivity index (χ0v) is 24.9. The second-order valence-electron chi connectivity index (χ2n) is 10.2. The third-order valence-corrected chi connectivity index (χ3v) is 8.32. The van der Waals surface area contributed by atoms with E-state index >= 15 is 0 Å². The van der Waals surface area contributed by atoms with Gasteiger partial charge >= 0.3 is 0 Å². The number of sulfonamides is 1. The maximum atomic E-state index is 14.1. The molecule has 10 heteroatoms. The highest BCUT2D eigenvalue weighted by molar-refractivity contribution is 7.92. The van der Waals surface area contributed by atoms with E-state index in [0.717, 1.165) is 9.87 Å². The number of carbonyl (C=O) groups is 2. The minimum atomic E-state index is -4.23. The summed E-state index contributed by atoms with van der Waals surface area (Å²) in [7, 11) is -2.80. The number of aryl methyl sites for hydroxylation is 1. The molecule has 0 saturated heterocycles. The van der Waals surface area contributed by atoms with Crippen molar-refractivity contribution in [2.45, 2.75) is 51.6 Å². The number of carbonyl (C=O) groups excluding carboxylic acids is 2. The van der Waals surface area contributed by atoms with Gasteiger partial charge in [0.1, 0.15) is 24.2 Å². The fourth-order valence-corrected chi connectivity index (χ4v) is 5.79. The van der Waals surface area contributed by atoms with Crippen molar-refractivity contribution < 1.29 is 27.1 Å². The lowest BCUT2D eigenvalue weighted by molar-refractivity contribution is -0.140. The van der Waals surface area contributed by atoms with Crippen molar-refractivity contribution in [2.75, 3.05) is 24.5 Å². The third kappa shape index (κ3) is 8.07. The Labute approximate surface area is 242 Å². The summed E-state index contributed by atoms with van der Waals surface area (Å²) in [5.41, 5.74) is 1.56. The standard InChI is InChI=1S/C31H38FN3O5S/c1-6-27(31(37)33-19-22(2)3)34(20-24-13-15-25(32)16-14-24)30(36)21-35(28-18-23(4)12-17-29(28)40-5)41(38,39)26-10-8-7-9-11-26/h7-18,22,27H,6,19-21H2,1-5H3,(H,33,37)/t27-/m1/s1. The first-order chi connectivity index (χ1) is 19.5. The minimum absolute atomic E-state index is 0.00293. The van der Waals surface area contributed by atoms with E-state index in [2.05, 4.69) is 5.32 Å². The van der Waals surface area contributed by atoms with Gasteiger partial charge in [0.25, 0.3) is 10.0 Å². The molecule has 0 fully saturated rings. The fourth-order valence-electron chi connectivity index (χ4n) is 4.36. The quantitative estimate of drug-likeness (QED) is 0.308. The van der Waals surface area contributed by atoms with Gasteiger partial charge in [0.15, 0.2) is 0 Å². The van der Waals surface area contributed by atoms with Crippen LogP contribution in [0.5, 0.6) is 5.75 Å². The van der Waals surface area contributed by atoms with Gasteiger partial charge in [0, 0.05) is 13.1 Å². The van der Waals surface area contributed by atoms with Crippen LogP contribution in [0.4, 0.5) is 10.1 Å². The molecule has 220 valence electrons. The molecule has 0 bridgehead atoms. The highest BCUT2D eigenvalue weighted by atomic mass is 32.2. The number of anilines is 1. The molecular formula is C31H38FN3O5S. The zero-order valence-electron chi connectivity index (χ0n) is 24.1. The van der Waals surface area contributed by atoms with Crippen LogP contribution in [-0.4, -0.2) is 51.4 Å². The number of amides is 2. The summed E-state index contributed by atoms with van der Waals surface area (Å²) in [6.45, 7) is 7.33. The highest BCUT2D eigenvalue weighted by Crippen LogP contribution is 2.33. The number of halogens is 1. The monoisotopic (exact) mass is 583 g/mol. The summed E-state index contributed by atoms with van der Waals surface area (Å²) in [6, 6.07) is 17.7. The summed E-state index contributed by atoms with van der Waals surface area (Å²) in [5.74, 6) is -0.904. The van der Waals surface area contributed by atoms with Gasteiger partial charge in [-0.05, 0) is 66.8 Å². The van der Waals surface area contributed by atoms with Crippen molar-refractivity contribution in [3.8, 4) is 5.75 Å². The molecule has 0 radical (unpaired) electrons. The molecule has 0 aromatic heterocycles. The number of hydrogen-bond acceptors (Lipinski definition) is 5. The summed E-state index contributed by atoms with van der Waals surface area (Å²) in [5, 5.41) is 2.89. The second kappa shape index (κ2) is 14.1. The summed E-state index contributed by atoms with van der Waals surface area (Å²) < 4.78 is 48.1. The average molecular weight is 584 g/mol. The number of rotatable bonds is 13. The number of hydrogen-bond donors (Lipinski definition) is 1. The number of nitrogens with zero attached hydrogens (tertiary/aromatic N) is 2. The Morgan fingerprint density at radius 1 is 1.00 bits per heavy atom. The van der Waals surface area contributed by atoms with E-state index in [1.807, 2.05) is 20.8 Å². The van der Waals surface area contributed by atoms with Crippen LogP contribution < -0.4 is 14.4 Å². The van der Waals surface area contributed by atoms with Gasteiger partial charge in [-0.25, -0.2) is 12.8 Å². The number of benzene rings is 3. The molecule has 0 heterocycles. The summed E-state index contributed by atoms with van der Waals surface area (Å²) in [6.07, 6.45) is 0.288. The van der Waals surface area contributed by atoms with E-state index in [-0.39, 0.29) is 41.1 Å². The Morgan fingerprint density at radius 2 is 1.66 bits per heavy atom. The lowest BCUT2D eigenvalue weighted by Crippen LogP contribution is -2.52. The van der Waals surface area contributed by atoms with Crippen molar-refractivity contribution >= 4 is 27.5 Å². The molecule has 0 spiro atoms. The molecule has 3 aromatic rings. The van der Waals surface area contributed by atoms with Crippen LogP contribution in [0.2, 0.25) is 0 Å². The van der Waals surface area contributed by atoms with Crippen LogP contribution in [0, 0.1) is 18.7 Å². The van der Waals surface area contributed by atoms with Gasteiger partial charge in [-0.2, -0.15) is 0 Å². The topological polar surface area (TPSA) is 96.0 Å². The smallest absolute Gasteiger partial charge is 0.264 e. The molecule has 1 atom stereocenters. The first kappa shape index (κ1) is 31.6. The maximum absolute atomic E-state index is 14.1. The minimum Gasteiger partial charge on any atom is -0.495 e. The zero-order chi connectivity index (χ0) is 30.2. The molecule has 41 heavy (non-hydrogen) atoms. The summed E-state index contributed by atoms with van der Waals surface area (Å²) >= 11 is 0. The predicted octanol–water partition coefficient (Wildman–Crippen LogP) is 4.92. The van der Waals surface area contributed by atoms with E-state index in [9.17, 15) is 22.4 Å². The van der Waals surface area contributed by atoms with E-state index in [4.69, 9.17) is 4.74 Å². The van der Waals surface area contributed by atoms with Crippen molar-refractivity contribution in [1.82, 2.24) is 10.2 Å². The molecule has 0 aliphatic heterocycles. The normalized spacial score (nSPS) is 12.1. The Bertz CT molecular complexity index is 1430. The van der Waals surface area contributed by atoms with Crippen LogP contribution in [0.3, 0.4) is 0 Å². The lowest BCUT2D eigenvalue weighted by Gasteiger charge is -2.33.